The van der Waals surface area contributed by atoms with Gasteiger partial charge in [0, 0.05) is 19.6 Å². The summed E-state index contributed by atoms with van der Waals surface area (Å²) in [6.07, 6.45) is -0.440. The molecule has 0 saturated carbocycles. The van der Waals surface area contributed by atoms with E-state index in [0.717, 1.165) is 31.9 Å². The molecule has 1 fully saturated rings. The molecule has 0 bridgehead atoms. The molecule has 1 saturated heterocycles. The first-order valence-electron chi connectivity index (χ1n) is 5.31. The molecule has 1 atom stereocenters. The molecule has 1 aliphatic rings. The summed E-state index contributed by atoms with van der Waals surface area (Å²) in [5.41, 5.74) is 0.865. The summed E-state index contributed by atoms with van der Waals surface area (Å²) in [7, 11) is 0. The number of aliphatic hydroxyl groups is 1. The molecule has 1 unspecified atom stereocenters. The summed E-state index contributed by atoms with van der Waals surface area (Å²) in [6.45, 7) is 4.02. The SMILES string of the molecule is OC(CN1CCOCC1)c1[c]cccc1. The first-order valence-corrected chi connectivity index (χ1v) is 5.31. The molecule has 1 aromatic carbocycles. The lowest BCUT2D eigenvalue weighted by molar-refractivity contribution is 0.0143. The van der Waals surface area contributed by atoms with Crippen LogP contribution in [-0.2, 0) is 4.74 Å². The fraction of sp³-hybridized carbons (Fsp3) is 0.500. The highest BCUT2D eigenvalue weighted by atomic mass is 16.5. The van der Waals surface area contributed by atoms with Gasteiger partial charge in [-0.25, -0.2) is 0 Å². The highest BCUT2D eigenvalue weighted by molar-refractivity contribution is 5.15. The summed E-state index contributed by atoms with van der Waals surface area (Å²) < 4.78 is 5.26. The van der Waals surface area contributed by atoms with Crippen LogP contribution >= 0.6 is 0 Å². The number of aliphatic hydroxyl groups excluding tert-OH is 1. The molecule has 1 N–H and O–H groups in total. The Balaban J connectivity index is 1.88. The zero-order valence-corrected chi connectivity index (χ0v) is 8.72. The van der Waals surface area contributed by atoms with Gasteiger partial charge in [0.1, 0.15) is 0 Å². The van der Waals surface area contributed by atoms with Crippen molar-refractivity contribution in [2.75, 3.05) is 32.8 Å². The highest BCUT2D eigenvalue weighted by Gasteiger charge is 2.15. The van der Waals surface area contributed by atoms with Crippen LogP contribution in [0.1, 0.15) is 11.7 Å². The summed E-state index contributed by atoms with van der Waals surface area (Å²) in [6, 6.07) is 10.6. The van der Waals surface area contributed by atoms with Gasteiger partial charge in [0.25, 0.3) is 0 Å². The van der Waals surface area contributed by atoms with E-state index in [1.165, 1.54) is 0 Å². The fourth-order valence-corrected chi connectivity index (χ4v) is 1.74. The Kier molecular flexibility index (Phi) is 3.72. The third-order valence-corrected chi connectivity index (χ3v) is 2.63. The van der Waals surface area contributed by atoms with E-state index in [2.05, 4.69) is 11.0 Å². The second-order valence-electron chi connectivity index (χ2n) is 3.75. The summed E-state index contributed by atoms with van der Waals surface area (Å²) in [5, 5.41) is 9.96. The predicted octanol–water partition coefficient (Wildman–Crippen LogP) is 0.852. The van der Waals surface area contributed by atoms with E-state index in [1.54, 1.807) is 0 Å². The smallest absolute Gasteiger partial charge is 0.0922 e. The molecule has 0 amide bonds. The molecule has 1 aliphatic heterocycles. The summed E-state index contributed by atoms with van der Waals surface area (Å²) in [4.78, 5) is 2.22. The van der Waals surface area contributed by atoms with E-state index in [4.69, 9.17) is 4.74 Å². The number of benzene rings is 1. The lowest BCUT2D eigenvalue weighted by Gasteiger charge is -2.28. The van der Waals surface area contributed by atoms with Crippen LogP contribution in [0, 0.1) is 6.07 Å². The van der Waals surface area contributed by atoms with Crippen molar-refractivity contribution in [1.82, 2.24) is 4.90 Å². The Hall–Kier alpha value is -0.900. The average molecular weight is 206 g/mol. The fourth-order valence-electron chi connectivity index (χ4n) is 1.74. The molecule has 0 spiro atoms. The minimum absolute atomic E-state index is 0.440. The quantitative estimate of drug-likeness (QED) is 0.796. The van der Waals surface area contributed by atoms with E-state index >= 15 is 0 Å². The Morgan fingerprint density at radius 3 is 2.87 bits per heavy atom. The second-order valence-corrected chi connectivity index (χ2v) is 3.75. The van der Waals surface area contributed by atoms with Crippen LogP contribution in [0.4, 0.5) is 0 Å². The largest absolute Gasteiger partial charge is 0.387 e. The minimum atomic E-state index is -0.440. The van der Waals surface area contributed by atoms with Gasteiger partial charge < -0.3 is 9.84 Å². The normalized spacial score (nSPS) is 20.1. The molecule has 0 aromatic heterocycles. The van der Waals surface area contributed by atoms with Gasteiger partial charge in [-0.1, -0.05) is 24.3 Å². The number of morpholine rings is 1. The second kappa shape index (κ2) is 5.26. The van der Waals surface area contributed by atoms with Crippen LogP contribution in [-0.4, -0.2) is 42.9 Å². The van der Waals surface area contributed by atoms with Gasteiger partial charge in [0.2, 0.25) is 0 Å². The Morgan fingerprint density at radius 2 is 2.20 bits per heavy atom. The van der Waals surface area contributed by atoms with Crippen LogP contribution in [0.3, 0.4) is 0 Å². The topological polar surface area (TPSA) is 32.7 Å². The lowest BCUT2D eigenvalue weighted by atomic mass is 10.1. The highest BCUT2D eigenvalue weighted by Crippen LogP contribution is 2.13. The molecular weight excluding hydrogens is 190 g/mol. The Labute approximate surface area is 90.3 Å². The van der Waals surface area contributed by atoms with Crippen molar-refractivity contribution in [3.63, 3.8) is 0 Å². The van der Waals surface area contributed by atoms with Gasteiger partial charge in [0.05, 0.1) is 19.3 Å². The van der Waals surface area contributed by atoms with Crippen LogP contribution in [0.25, 0.3) is 0 Å². The van der Waals surface area contributed by atoms with E-state index < -0.39 is 6.10 Å². The van der Waals surface area contributed by atoms with Gasteiger partial charge >= 0.3 is 0 Å². The molecule has 0 aliphatic carbocycles. The summed E-state index contributed by atoms with van der Waals surface area (Å²) in [5.74, 6) is 0. The van der Waals surface area contributed by atoms with Crippen LogP contribution < -0.4 is 0 Å². The third-order valence-electron chi connectivity index (χ3n) is 2.63. The monoisotopic (exact) mass is 206 g/mol. The van der Waals surface area contributed by atoms with Gasteiger partial charge in [-0.05, 0) is 11.6 Å². The Morgan fingerprint density at radius 1 is 1.40 bits per heavy atom. The molecule has 3 nitrogen and oxygen atoms in total. The number of hydrogen-bond donors (Lipinski definition) is 1. The zero-order valence-electron chi connectivity index (χ0n) is 8.72. The molecular formula is C12H16NO2. The van der Waals surface area contributed by atoms with Gasteiger partial charge in [-0.15, -0.1) is 0 Å². The van der Waals surface area contributed by atoms with Crippen molar-refractivity contribution in [1.29, 1.82) is 0 Å². The van der Waals surface area contributed by atoms with Crippen molar-refractivity contribution in [3.8, 4) is 0 Å². The Bertz CT molecular complexity index is 283. The van der Waals surface area contributed by atoms with Gasteiger partial charge in [0.15, 0.2) is 0 Å². The maximum absolute atomic E-state index is 9.96. The van der Waals surface area contributed by atoms with Crippen molar-refractivity contribution in [3.05, 3.63) is 35.9 Å². The molecule has 15 heavy (non-hydrogen) atoms. The molecule has 1 aromatic rings. The lowest BCUT2D eigenvalue weighted by Crippen LogP contribution is -2.38. The number of hydrogen-bond acceptors (Lipinski definition) is 3. The molecule has 3 heteroatoms. The minimum Gasteiger partial charge on any atom is -0.387 e. The van der Waals surface area contributed by atoms with E-state index in [1.807, 2.05) is 24.3 Å². The average Bonchev–Trinajstić information content (AvgIpc) is 2.31. The predicted molar refractivity (Wildman–Crippen MR) is 57.5 cm³/mol. The first kappa shape index (κ1) is 10.6. The number of nitrogens with zero attached hydrogens (tertiary/aromatic N) is 1. The van der Waals surface area contributed by atoms with Crippen molar-refractivity contribution < 1.29 is 9.84 Å². The maximum Gasteiger partial charge on any atom is 0.0922 e. The van der Waals surface area contributed by atoms with E-state index in [0.29, 0.717) is 6.54 Å². The molecule has 1 radical (unpaired) electrons. The van der Waals surface area contributed by atoms with Crippen molar-refractivity contribution in [2.24, 2.45) is 0 Å². The standard InChI is InChI=1S/C12H16NO2/c14-12(11-4-2-1-3-5-11)10-13-6-8-15-9-7-13/h1-4,12,14H,6-10H2. The van der Waals surface area contributed by atoms with E-state index in [-0.39, 0.29) is 0 Å². The number of rotatable bonds is 3. The molecule has 81 valence electrons. The van der Waals surface area contributed by atoms with Crippen molar-refractivity contribution in [2.45, 2.75) is 6.10 Å². The third kappa shape index (κ3) is 3.02. The first-order chi connectivity index (χ1) is 7.36. The van der Waals surface area contributed by atoms with Crippen LogP contribution in [0.2, 0.25) is 0 Å². The van der Waals surface area contributed by atoms with Gasteiger partial charge in [-0.2, -0.15) is 0 Å². The van der Waals surface area contributed by atoms with Gasteiger partial charge in [-0.3, -0.25) is 4.90 Å². The zero-order chi connectivity index (χ0) is 10.5. The van der Waals surface area contributed by atoms with E-state index in [9.17, 15) is 5.11 Å². The number of β-amino-alcohol motifs (C(OH)–C–C–N with tert-alkyl or cyclic N) is 1. The number of ether oxygens (including phenoxy) is 1. The van der Waals surface area contributed by atoms with Crippen molar-refractivity contribution >= 4 is 0 Å². The summed E-state index contributed by atoms with van der Waals surface area (Å²) >= 11 is 0. The molecule has 1 heterocycles. The maximum atomic E-state index is 9.96. The molecule has 2 rings (SSSR count). The van der Waals surface area contributed by atoms with Crippen LogP contribution in [0.5, 0.6) is 0 Å². The van der Waals surface area contributed by atoms with Crippen LogP contribution in [0.15, 0.2) is 24.3 Å².